The van der Waals surface area contributed by atoms with E-state index in [1.54, 1.807) is 29.3 Å². The first-order valence-corrected chi connectivity index (χ1v) is 11.5. The summed E-state index contributed by atoms with van der Waals surface area (Å²) >= 11 is 7.57. The summed E-state index contributed by atoms with van der Waals surface area (Å²) in [6, 6.07) is 27.8. The van der Waals surface area contributed by atoms with E-state index in [4.69, 9.17) is 21.3 Å². The lowest BCUT2D eigenvalue weighted by molar-refractivity contribution is 0.0984. The molecular weight excluding hydrogens is 454 g/mol. The number of hydrogen-bond acceptors (Lipinski definition) is 5. The lowest BCUT2D eigenvalue weighted by Gasteiger charge is -2.20. The molecule has 0 atom stereocenters. The summed E-state index contributed by atoms with van der Waals surface area (Å²) in [6.45, 7) is 0.289. The van der Waals surface area contributed by atoms with Crippen LogP contribution < -0.4 is 9.64 Å². The van der Waals surface area contributed by atoms with E-state index >= 15 is 0 Å². The van der Waals surface area contributed by atoms with Crippen molar-refractivity contribution in [1.29, 1.82) is 0 Å². The molecule has 162 valence electrons. The van der Waals surface area contributed by atoms with Crippen molar-refractivity contribution in [3.63, 3.8) is 0 Å². The van der Waals surface area contributed by atoms with Crippen LogP contribution in [0.2, 0.25) is 5.02 Å². The Hall–Kier alpha value is -3.74. The molecule has 3 aromatic carbocycles. The Labute approximate surface area is 199 Å². The van der Waals surface area contributed by atoms with Gasteiger partial charge in [-0.3, -0.25) is 14.7 Å². The van der Waals surface area contributed by atoms with Gasteiger partial charge in [-0.1, -0.05) is 53.3 Å². The zero-order valence-corrected chi connectivity index (χ0v) is 19.0. The topological polar surface area (TPSA) is 55.3 Å². The summed E-state index contributed by atoms with van der Waals surface area (Å²) in [5, 5.41) is 1.21. The molecule has 7 heteroatoms. The van der Waals surface area contributed by atoms with Gasteiger partial charge in [0.25, 0.3) is 5.91 Å². The van der Waals surface area contributed by atoms with Gasteiger partial charge < -0.3 is 4.74 Å². The van der Waals surface area contributed by atoms with E-state index in [2.05, 4.69) is 4.98 Å². The van der Waals surface area contributed by atoms with Crippen LogP contribution in [0.4, 0.5) is 5.13 Å². The molecular formula is C26H18ClN3O2S. The number of halogens is 1. The van der Waals surface area contributed by atoms with E-state index in [9.17, 15) is 4.79 Å². The van der Waals surface area contributed by atoms with Gasteiger partial charge in [-0.25, -0.2) is 4.98 Å². The zero-order chi connectivity index (χ0) is 22.6. The third-order valence-electron chi connectivity index (χ3n) is 4.92. The van der Waals surface area contributed by atoms with Crippen molar-refractivity contribution in [2.24, 2.45) is 0 Å². The fourth-order valence-electron chi connectivity index (χ4n) is 3.35. The largest absolute Gasteiger partial charge is 0.457 e. The molecule has 5 aromatic rings. The van der Waals surface area contributed by atoms with Crippen molar-refractivity contribution in [1.82, 2.24) is 9.97 Å². The molecule has 5 rings (SSSR count). The Morgan fingerprint density at radius 1 is 0.909 bits per heavy atom. The summed E-state index contributed by atoms with van der Waals surface area (Å²) in [5.41, 5.74) is 2.05. The number of anilines is 1. The first kappa shape index (κ1) is 21.1. The van der Waals surface area contributed by atoms with Crippen LogP contribution in [0.25, 0.3) is 10.2 Å². The van der Waals surface area contributed by atoms with Crippen LogP contribution in [-0.4, -0.2) is 15.9 Å². The van der Waals surface area contributed by atoms with E-state index in [0.717, 1.165) is 15.9 Å². The molecule has 33 heavy (non-hydrogen) atoms. The van der Waals surface area contributed by atoms with Crippen LogP contribution >= 0.6 is 22.9 Å². The molecule has 0 radical (unpaired) electrons. The summed E-state index contributed by atoms with van der Waals surface area (Å²) < 4.78 is 6.84. The molecule has 0 unspecified atom stereocenters. The second-order valence-electron chi connectivity index (χ2n) is 7.26. The quantitative estimate of drug-likeness (QED) is 0.268. The van der Waals surface area contributed by atoms with Crippen molar-refractivity contribution < 1.29 is 9.53 Å². The first-order valence-electron chi connectivity index (χ1n) is 10.3. The van der Waals surface area contributed by atoms with Crippen molar-refractivity contribution in [3.8, 4) is 11.5 Å². The van der Waals surface area contributed by atoms with Gasteiger partial charge in [0.1, 0.15) is 11.5 Å². The maximum atomic E-state index is 13.7. The number of rotatable bonds is 6. The summed E-state index contributed by atoms with van der Waals surface area (Å²) in [4.78, 5) is 24.4. The fraction of sp³-hybridized carbons (Fsp3) is 0.0385. The number of carbonyl (C=O) groups is 1. The third-order valence-corrected chi connectivity index (χ3v) is 6.20. The van der Waals surface area contributed by atoms with Gasteiger partial charge in [-0.05, 0) is 60.7 Å². The highest BCUT2D eigenvalue weighted by Crippen LogP contribution is 2.33. The molecule has 2 aromatic heterocycles. The minimum absolute atomic E-state index is 0.190. The minimum Gasteiger partial charge on any atom is -0.457 e. The Bertz CT molecular complexity index is 1410. The predicted octanol–water partition coefficient (Wildman–Crippen LogP) is 6.98. The van der Waals surface area contributed by atoms with Gasteiger partial charge in [0.15, 0.2) is 5.13 Å². The molecule has 0 fully saturated rings. The number of carbonyl (C=O) groups excluding carboxylic acids is 1. The number of para-hydroxylation sites is 1. The number of aromatic nitrogens is 2. The second-order valence-corrected chi connectivity index (χ2v) is 8.71. The third kappa shape index (κ3) is 4.87. The van der Waals surface area contributed by atoms with Crippen molar-refractivity contribution in [2.45, 2.75) is 6.54 Å². The standard InChI is InChI=1S/C26H18ClN3O2S/c27-19-12-13-23-24(16-19)33-26(29-23)30(17-20-8-4-5-14-28-20)25(31)18-7-6-11-22(15-18)32-21-9-2-1-3-10-21/h1-16H,17H2. The molecule has 5 nitrogen and oxygen atoms in total. The SMILES string of the molecule is O=C(c1cccc(Oc2ccccc2)c1)N(Cc1ccccn1)c1nc2ccc(Cl)cc2s1. The van der Waals surface area contributed by atoms with Crippen LogP contribution in [0.15, 0.2) is 97.2 Å². The smallest absolute Gasteiger partial charge is 0.260 e. The monoisotopic (exact) mass is 471 g/mol. The number of fused-ring (bicyclic) bond motifs is 1. The first-order chi connectivity index (χ1) is 16.2. The normalized spacial score (nSPS) is 10.8. The van der Waals surface area contributed by atoms with E-state index < -0.39 is 0 Å². The number of hydrogen-bond donors (Lipinski definition) is 0. The molecule has 0 spiro atoms. The molecule has 0 aliphatic carbocycles. The molecule has 0 saturated carbocycles. The fourth-order valence-corrected chi connectivity index (χ4v) is 4.59. The molecule has 0 aliphatic rings. The van der Waals surface area contributed by atoms with E-state index in [-0.39, 0.29) is 12.5 Å². The van der Waals surface area contributed by atoms with Crippen LogP contribution in [-0.2, 0) is 6.54 Å². The van der Waals surface area contributed by atoms with Gasteiger partial charge in [-0.2, -0.15) is 0 Å². The van der Waals surface area contributed by atoms with Crippen molar-refractivity contribution >= 4 is 44.2 Å². The second kappa shape index (κ2) is 9.40. The van der Waals surface area contributed by atoms with Gasteiger partial charge >= 0.3 is 0 Å². The highest BCUT2D eigenvalue weighted by Gasteiger charge is 2.23. The summed E-state index contributed by atoms with van der Waals surface area (Å²) in [6.07, 6.45) is 1.71. The van der Waals surface area contributed by atoms with Crippen LogP contribution in [0, 0.1) is 0 Å². The Balaban J connectivity index is 1.50. The summed E-state index contributed by atoms with van der Waals surface area (Å²) in [7, 11) is 0. The number of thiazole rings is 1. The van der Waals surface area contributed by atoms with E-state index in [0.29, 0.717) is 27.2 Å². The number of benzene rings is 3. The van der Waals surface area contributed by atoms with Crippen LogP contribution in [0.1, 0.15) is 16.1 Å². The van der Waals surface area contributed by atoms with Crippen LogP contribution in [0.5, 0.6) is 11.5 Å². The maximum absolute atomic E-state index is 13.7. The van der Waals surface area contributed by atoms with E-state index in [1.165, 1.54) is 11.3 Å². The number of amides is 1. The average molecular weight is 472 g/mol. The highest BCUT2D eigenvalue weighted by molar-refractivity contribution is 7.22. The molecule has 0 N–H and O–H groups in total. The number of pyridine rings is 1. The Morgan fingerprint density at radius 3 is 2.55 bits per heavy atom. The van der Waals surface area contributed by atoms with Gasteiger partial charge in [0.2, 0.25) is 0 Å². The molecule has 0 saturated heterocycles. The summed E-state index contributed by atoms with van der Waals surface area (Å²) in [5.74, 6) is 1.10. The highest BCUT2D eigenvalue weighted by atomic mass is 35.5. The number of nitrogens with zero attached hydrogens (tertiary/aromatic N) is 3. The molecule has 2 heterocycles. The lowest BCUT2D eigenvalue weighted by Crippen LogP contribution is -2.30. The average Bonchev–Trinajstić information content (AvgIpc) is 3.26. The number of ether oxygens (including phenoxy) is 1. The maximum Gasteiger partial charge on any atom is 0.260 e. The zero-order valence-electron chi connectivity index (χ0n) is 17.4. The van der Waals surface area contributed by atoms with Gasteiger partial charge in [0.05, 0.1) is 22.5 Å². The Kier molecular flexibility index (Phi) is 6.02. The molecule has 1 amide bonds. The van der Waals surface area contributed by atoms with Crippen molar-refractivity contribution in [3.05, 3.63) is 113 Å². The Morgan fingerprint density at radius 2 is 1.73 bits per heavy atom. The van der Waals surface area contributed by atoms with E-state index in [1.807, 2.05) is 72.8 Å². The van der Waals surface area contributed by atoms with Gasteiger partial charge in [-0.15, -0.1) is 0 Å². The lowest BCUT2D eigenvalue weighted by atomic mass is 10.2. The minimum atomic E-state index is -0.190. The molecule has 0 bridgehead atoms. The van der Waals surface area contributed by atoms with Crippen molar-refractivity contribution in [2.75, 3.05) is 4.90 Å². The van der Waals surface area contributed by atoms with Gasteiger partial charge in [0, 0.05) is 16.8 Å². The predicted molar refractivity (Wildman–Crippen MR) is 132 cm³/mol. The van der Waals surface area contributed by atoms with Crippen LogP contribution in [0.3, 0.4) is 0 Å². The molecule has 0 aliphatic heterocycles.